The number of anilines is 1. The van der Waals surface area contributed by atoms with Crippen molar-refractivity contribution in [3.05, 3.63) is 37.2 Å². The summed E-state index contributed by atoms with van der Waals surface area (Å²) in [5.41, 5.74) is 0.614. The molecule has 140 valence electrons. The van der Waals surface area contributed by atoms with Gasteiger partial charge in [0.15, 0.2) is 0 Å². The Balaban J connectivity index is 2.36. The number of nitrogens with zero attached hydrogens (tertiary/aromatic N) is 2. The molecule has 0 spiro atoms. The first-order chi connectivity index (χ1) is 12.3. The van der Waals surface area contributed by atoms with Gasteiger partial charge in [-0.3, -0.25) is 19.0 Å². The van der Waals surface area contributed by atoms with E-state index in [-0.39, 0.29) is 34.5 Å². The molecule has 0 aliphatic carbocycles. The van der Waals surface area contributed by atoms with Gasteiger partial charge in [-0.05, 0) is 19.4 Å². The molecule has 0 bridgehead atoms. The fourth-order valence-corrected chi connectivity index (χ4v) is 4.00. The fraction of sp³-hybridized carbons (Fsp3) is 0.375. The van der Waals surface area contributed by atoms with Gasteiger partial charge in [-0.25, -0.2) is 4.79 Å². The second kappa shape index (κ2) is 8.28. The Labute approximate surface area is 158 Å². The van der Waals surface area contributed by atoms with Gasteiger partial charge in [-0.15, -0.1) is 11.3 Å². The molecule has 0 fully saturated rings. The van der Waals surface area contributed by atoms with Crippen molar-refractivity contribution < 1.29 is 19.1 Å². The summed E-state index contributed by atoms with van der Waals surface area (Å²) in [5.74, 6) is -1.35. The number of hydrogen-bond acceptors (Lipinski definition) is 7. The highest BCUT2D eigenvalue weighted by atomic mass is 32.1. The number of amides is 2. The van der Waals surface area contributed by atoms with Gasteiger partial charge in [0.25, 0.3) is 5.91 Å². The molecule has 2 rings (SSSR count). The molecule has 2 amide bonds. The third-order valence-corrected chi connectivity index (χ3v) is 5.33. The lowest BCUT2D eigenvalue weighted by Crippen LogP contribution is -2.24. The molecule has 0 radical (unpaired) electrons. The minimum atomic E-state index is -0.609. The first-order valence-corrected chi connectivity index (χ1v) is 9.41. The maximum Gasteiger partial charge on any atom is 0.341 e. The van der Waals surface area contributed by atoms with Crippen LogP contribution in [0.3, 0.4) is 0 Å². The van der Waals surface area contributed by atoms with Gasteiger partial charge in [0.05, 0.1) is 17.0 Å². The lowest BCUT2D eigenvalue weighted by Gasteiger charge is -2.09. The largest absolute Gasteiger partial charge is 0.462 e. The molecule has 0 atom stereocenters. The Bertz CT molecular complexity index is 894. The first-order valence-electron chi connectivity index (χ1n) is 7.72. The minimum absolute atomic E-state index is 0.160. The van der Waals surface area contributed by atoms with Gasteiger partial charge in [0, 0.05) is 25.7 Å². The normalized spacial score (nSPS) is 10.5. The topological polar surface area (TPSA) is 97.7 Å². The standard InChI is InChI=1S/C16H19N3O5S2/c1-5-24-15(22)11-9(2)12(14(21)18(3)4)26-13(11)17-10(20)8-19-6-7-25-16(19)23/h6-7H,5,8H2,1-4H3,(H,17,20). The van der Waals surface area contributed by atoms with Crippen LogP contribution in [-0.2, 0) is 16.1 Å². The van der Waals surface area contributed by atoms with E-state index in [1.807, 2.05) is 0 Å². The zero-order valence-electron chi connectivity index (χ0n) is 14.8. The molecule has 26 heavy (non-hydrogen) atoms. The number of thiazole rings is 1. The number of esters is 1. The van der Waals surface area contributed by atoms with Gasteiger partial charge < -0.3 is 15.0 Å². The zero-order valence-corrected chi connectivity index (χ0v) is 16.5. The summed E-state index contributed by atoms with van der Waals surface area (Å²) in [5, 5.41) is 4.44. The monoisotopic (exact) mass is 397 g/mol. The van der Waals surface area contributed by atoms with E-state index in [4.69, 9.17) is 4.74 Å². The second-order valence-corrected chi connectivity index (χ2v) is 7.40. The molecule has 0 saturated heterocycles. The number of carbonyl (C=O) groups excluding carboxylic acids is 3. The number of rotatable bonds is 6. The van der Waals surface area contributed by atoms with Crippen LogP contribution in [0.2, 0.25) is 0 Å². The lowest BCUT2D eigenvalue weighted by atomic mass is 10.1. The average Bonchev–Trinajstić information content (AvgIpc) is 3.10. The number of thiophene rings is 1. The van der Waals surface area contributed by atoms with Crippen molar-refractivity contribution in [3.63, 3.8) is 0 Å². The number of aromatic nitrogens is 1. The lowest BCUT2D eigenvalue weighted by molar-refractivity contribution is -0.116. The van der Waals surface area contributed by atoms with Gasteiger partial charge in [-0.2, -0.15) is 0 Å². The van der Waals surface area contributed by atoms with Crippen LogP contribution in [0.4, 0.5) is 5.00 Å². The Kier molecular flexibility index (Phi) is 6.32. The van der Waals surface area contributed by atoms with Crippen molar-refractivity contribution in [1.82, 2.24) is 9.47 Å². The quantitative estimate of drug-likeness (QED) is 0.750. The van der Waals surface area contributed by atoms with Crippen molar-refractivity contribution in [1.29, 1.82) is 0 Å². The molecule has 0 saturated carbocycles. The molecule has 10 heteroatoms. The van der Waals surface area contributed by atoms with Gasteiger partial charge in [-0.1, -0.05) is 11.3 Å². The van der Waals surface area contributed by atoms with Crippen LogP contribution < -0.4 is 10.2 Å². The van der Waals surface area contributed by atoms with Crippen molar-refractivity contribution in [2.75, 3.05) is 26.0 Å². The molecule has 2 aromatic rings. The van der Waals surface area contributed by atoms with Crippen molar-refractivity contribution in [2.45, 2.75) is 20.4 Å². The highest BCUT2D eigenvalue weighted by Gasteiger charge is 2.27. The van der Waals surface area contributed by atoms with E-state index in [2.05, 4.69) is 5.32 Å². The number of carbonyl (C=O) groups is 3. The van der Waals surface area contributed by atoms with E-state index >= 15 is 0 Å². The summed E-state index contributed by atoms with van der Waals surface area (Å²) in [4.78, 5) is 50.0. The number of hydrogen-bond donors (Lipinski definition) is 1. The molecule has 0 aromatic carbocycles. The number of nitrogens with one attached hydrogen (secondary N) is 1. The van der Waals surface area contributed by atoms with Gasteiger partial charge in [0.1, 0.15) is 11.5 Å². The van der Waals surface area contributed by atoms with Crippen molar-refractivity contribution in [2.24, 2.45) is 0 Å². The van der Waals surface area contributed by atoms with Crippen LogP contribution in [0, 0.1) is 6.92 Å². The predicted molar refractivity (Wildman–Crippen MR) is 100 cm³/mol. The van der Waals surface area contributed by atoms with E-state index in [0.29, 0.717) is 10.4 Å². The zero-order chi connectivity index (χ0) is 19.4. The third kappa shape index (κ3) is 4.20. The summed E-state index contributed by atoms with van der Waals surface area (Å²) in [6, 6.07) is 0. The summed E-state index contributed by atoms with van der Waals surface area (Å²) < 4.78 is 6.31. The van der Waals surface area contributed by atoms with Crippen LogP contribution in [-0.4, -0.2) is 48.0 Å². The van der Waals surface area contributed by atoms with Crippen molar-refractivity contribution >= 4 is 45.5 Å². The highest BCUT2D eigenvalue weighted by Crippen LogP contribution is 2.34. The maximum atomic E-state index is 12.3. The van der Waals surface area contributed by atoms with E-state index in [1.54, 1.807) is 33.3 Å². The molecule has 8 nitrogen and oxygen atoms in total. The van der Waals surface area contributed by atoms with Crippen LogP contribution in [0.1, 0.15) is 32.5 Å². The van der Waals surface area contributed by atoms with Gasteiger partial charge in [0.2, 0.25) is 5.91 Å². The Morgan fingerprint density at radius 1 is 1.31 bits per heavy atom. The Morgan fingerprint density at radius 2 is 2.00 bits per heavy atom. The fourth-order valence-electron chi connectivity index (χ4n) is 2.19. The maximum absolute atomic E-state index is 12.3. The minimum Gasteiger partial charge on any atom is -0.462 e. The Morgan fingerprint density at radius 3 is 2.54 bits per heavy atom. The Hall–Kier alpha value is -2.46. The van der Waals surface area contributed by atoms with Crippen LogP contribution in [0.25, 0.3) is 0 Å². The molecule has 2 heterocycles. The van der Waals surface area contributed by atoms with Crippen LogP contribution in [0.15, 0.2) is 16.4 Å². The molecule has 0 aliphatic rings. The van der Waals surface area contributed by atoms with E-state index in [1.165, 1.54) is 15.7 Å². The molecular weight excluding hydrogens is 378 g/mol. The van der Waals surface area contributed by atoms with Gasteiger partial charge >= 0.3 is 10.8 Å². The second-order valence-electron chi connectivity index (χ2n) is 5.53. The van der Waals surface area contributed by atoms with E-state index in [0.717, 1.165) is 22.7 Å². The average molecular weight is 397 g/mol. The van der Waals surface area contributed by atoms with E-state index < -0.39 is 11.9 Å². The van der Waals surface area contributed by atoms with Crippen LogP contribution >= 0.6 is 22.7 Å². The van der Waals surface area contributed by atoms with E-state index in [9.17, 15) is 19.2 Å². The molecule has 2 aromatic heterocycles. The predicted octanol–water partition coefficient (Wildman–Crippen LogP) is 1.80. The summed E-state index contributed by atoms with van der Waals surface area (Å²) in [6.45, 7) is 3.30. The molecule has 1 N–H and O–H groups in total. The number of ether oxygens (including phenoxy) is 1. The first kappa shape index (κ1) is 19.9. The molecule has 0 aliphatic heterocycles. The summed E-state index contributed by atoms with van der Waals surface area (Å²) >= 11 is 2.00. The van der Waals surface area contributed by atoms with Crippen molar-refractivity contribution in [3.8, 4) is 0 Å². The summed E-state index contributed by atoms with van der Waals surface area (Å²) in [7, 11) is 3.21. The highest BCUT2D eigenvalue weighted by molar-refractivity contribution is 7.18. The summed E-state index contributed by atoms with van der Waals surface area (Å²) in [6.07, 6.45) is 1.51. The third-order valence-electron chi connectivity index (χ3n) is 3.44. The molecular formula is C16H19N3O5S2. The smallest absolute Gasteiger partial charge is 0.341 e. The molecule has 0 unspecified atom stereocenters. The SMILES string of the molecule is CCOC(=O)c1c(NC(=O)Cn2ccsc2=O)sc(C(=O)N(C)C)c1C. The van der Waals surface area contributed by atoms with Crippen LogP contribution in [0.5, 0.6) is 0 Å².